The van der Waals surface area contributed by atoms with Crippen LogP contribution < -0.4 is 0 Å². The van der Waals surface area contributed by atoms with Gasteiger partial charge in [-0.05, 0) is 37.3 Å². The smallest absolute Gasteiger partial charge is 0.257 e. The van der Waals surface area contributed by atoms with E-state index in [1.165, 1.54) is 6.07 Å². The first-order valence-electron chi connectivity index (χ1n) is 10.1. The highest BCUT2D eigenvalue weighted by molar-refractivity contribution is 5.95. The average Bonchev–Trinajstić information content (AvgIpc) is 3.43. The van der Waals surface area contributed by atoms with Crippen LogP contribution in [0.15, 0.2) is 18.2 Å². The molecule has 3 atom stereocenters. The zero-order valence-corrected chi connectivity index (χ0v) is 16.1. The Morgan fingerprint density at radius 1 is 1.29 bits per heavy atom. The first-order valence-corrected chi connectivity index (χ1v) is 10.1. The lowest BCUT2D eigenvalue weighted by Gasteiger charge is -2.43. The fourth-order valence-electron chi connectivity index (χ4n) is 4.77. The molecule has 1 aliphatic carbocycles. The summed E-state index contributed by atoms with van der Waals surface area (Å²) in [7, 11) is 0. The van der Waals surface area contributed by atoms with E-state index in [1.807, 2.05) is 11.8 Å². The van der Waals surface area contributed by atoms with Gasteiger partial charge in [0.15, 0.2) is 0 Å². The van der Waals surface area contributed by atoms with Crippen LogP contribution in [0.2, 0.25) is 0 Å². The SMILES string of the molecule is CCCC1CN(C(=O)[C@@]23CCOC[C@@H]2C3)CCN1C(=O)c1ccc(F)cc1F. The maximum absolute atomic E-state index is 14.1. The number of benzene rings is 1. The average molecular weight is 392 g/mol. The van der Waals surface area contributed by atoms with Gasteiger partial charge >= 0.3 is 0 Å². The third-order valence-corrected chi connectivity index (χ3v) is 6.48. The molecule has 0 N–H and O–H groups in total. The molecule has 3 aliphatic rings. The Kier molecular flexibility index (Phi) is 5.12. The van der Waals surface area contributed by atoms with Crippen molar-refractivity contribution < 1.29 is 23.1 Å². The zero-order valence-electron chi connectivity index (χ0n) is 16.1. The Hall–Kier alpha value is -2.02. The molecule has 0 spiro atoms. The quantitative estimate of drug-likeness (QED) is 0.792. The third-order valence-electron chi connectivity index (χ3n) is 6.48. The molecule has 1 saturated carbocycles. The van der Waals surface area contributed by atoms with Crippen LogP contribution in [0.3, 0.4) is 0 Å². The molecule has 5 nitrogen and oxygen atoms in total. The van der Waals surface area contributed by atoms with Crippen LogP contribution in [0.25, 0.3) is 0 Å². The predicted molar refractivity (Wildman–Crippen MR) is 98.6 cm³/mol. The van der Waals surface area contributed by atoms with E-state index in [-0.39, 0.29) is 22.9 Å². The normalized spacial score (nSPS) is 29.4. The summed E-state index contributed by atoms with van der Waals surface area (Å²) in [6.07, 6.45) is 3.25. The summed E-state index contributed by atoms with van der Waals surface area (Å²) in [5, 5.41) is 0. The van der Waals surface area contributed by atoms with Crippen LogP contribution in [0.5, 0.6) is 0 Å². The number of piperazine rings is 1. The lowest BCUT2D eigenvalue weighted by Crippen LogP contribution is -2.58. The van der Waals surface area contributed by atoms with Crippen molar-refractivity contribution >= 4 is 11.8 Å². The van der Waals surface area contributed by atoms with Crippen LogP contribution in [0.4, 0.5) is 8.78 Å². The van der Waals surface area contributed by atoms with Gasteiger partial charge < -0.3 is 14.5 Å². The molecule has 152 valence electrons. The highest BCUT2D eigenvalue weighted by Gasteiger charge is 2.62. The molecule has 1 unspecified atom stereocenters. The van der Waals surface area contributed by atoms with E-state index in [4.69, 9.17) is 4.74 Å². The zero-order chi connectivity index (χ0) is 19.9. The fraction of sp³-hybridized carbons (Fsp3) is 0.619. The summed E-state index contributed by atoms with van der Waals surface area (Å²) in [5.74, 6) is -1.48. The van der Waals surface area contributed by atoms with Crippen molar-refractivity contribution in [1.82, 2.24) is 9.80 Å². The van der Waals surface area contributed by atoms with Crippen LogP contribution in [0, 0.1) is 23.0 Å². The second-order valence-corrected chi connectivity index (χ2v) is 8.20. The maximum Gasteiger partial charge on any atom is 0.257 e. The molecule has 2 saturated heterocycles. The van der Waals surface area contributed by atoms with E-state index in [0.717, 1.165) is 37.8 Å². The molecule has 1 aromatic rings. The Morgan fingerprint density at radius 3 is 2.82 bits per heavy atom. The van der Waals surface area contributed by atoms with Crippen molar-refractivity contribution in [3.8, 4) is 0 Å². The molecule has 7 heteroatoms. The van der Waals surface area contributed by atoms with Gasteiger partial charge in [-0.15, -0.1) is 0 Å². The highest BCUT2D eigenvalue weighted by atomic mass is 19.1. The Morgan fingerprint density at radius 2 is 2.11 bits per heavy atom. The van der Waals surface area contributed by atoms with Crippen LogP contribution >= 0.6 is 0 Å². The minimum absolute atomic E-state index is 0.118. The van der Waals surface area contributed by atoms with Gasteiger partial charge in [0.1, 0.15) is 11.6 Å². The lowest BCUT2D eigenvalue weighted by atomic mass is 9.94. The topological polar surface area (TPSA) is 49.9 Å². The van der Waals surface area contributed by atoms with Crippen LogP contribution in [0.1, 0.15) is 43.0 Å². The lowest BCUT2D eigenvalue weighted by molar-refractivity contribution is -0.143. The van der Waals surface area contributed by atoms with Crippen molar-refractivity contribution in [3.63, 3.8) is 0 Å². The molecular formula is C21H26F2N2O3. The highest BCUT2D eigenvalue weighted by Crippen LogP contribution is 2.58. The molecule has 0 radical (unpaired) electrons. The fourth-order valence-corrected chi connectivity index (χ4v) is 4.77. The standard InChI is InChI=1S/C21H26F2N2O3/c1-2-3-16-12-24(20(27)21-6-9-28-13-14(21)11-21)7-8-25(16)19(26)17-5-4-15(22)10-18(17)23/h4-5,10,14,16H,2-3,6-9,11-13H2,1H3/t14-,16?,21+/m0/s1. The van der Waals surface area contributed by atoms with Gasteiger partial charge in [-0.1, -0.05) is 13.3 Å². The minimum Gasteiger partial charge on any atom is -0.381 e. The Labute approximate surface area is 163 Å². The van der Waals surface area contributed by atoms with Crippen molar-refractivity contribution in [2.75, 3.05) is 32.8 Å². The second kappa shape index (κ2) is 7.43. The number of amides is 2. The number of halogens is 2. The number of nitrogens with zero attached hydrogens (tertiary/aromatic N) is 2. The molecule has 1 aromatic carbocycles. The maximum atomic E-state index is 14.1. The number of rotatable bonds is 4. The van der Waals surface area contributed by atoms with E-state index in [1.54, 1.807) is 4.90 Å². The summed E-state index contributed by atoms with van der Waals surface area (Å²) in [4.78, 5) is 29.6. The van der Waals surface area contributed by atoms with E-state index >= 15 is 0 Å². The molecule has 28 heavy (non-hydrogen) atoms. The molecule has 2 amide bonds. The number of ether oxygens (including phenoxy) is 1. The van der Waals surface area contributed by atoms with Crippen LogP contribution in [-0.4, -0.2) is 60.5 Å². The first-order chi connectivity index (χ1) is 13.5. The Balaban J connectivity index is 1.49. The third kappa shape index (κ3) is 3.30. The monoisotopic (exact) mass is 392 g/mol. The number of hydrogen-bond acceptors (Lipinski definition) is 3. The second-order valence-electron chi connectivity index (χ2n) is 8.20. The molecule has 0 aromatic heterocycles. The number of carbonyl (C=O) groups is 2. The number of hydrogen-bond donors (Lipinski definition) is 0. The molecule has 3 fully saturated rings. The summed E-state index contributed by atoms with van der Waals surface area (Å²) in [6.45, 7) is 4.59. The van der Waals surface area contributed by atoms with Crippen molar-refractivity contribution in [1.29, 1.82) is 0 Å². The van der Waals surface area contributed by atoms with E-state index < -0.39 is 17.5 Å². The van der Waals surface area contributed by atoms with E-state index in [0.29, 0.717) is 38.8 Å². The molecule has 2 heterocycles. The number of fused-ring (bicyclic) bond motifs is 1. The summed E-state index contributed by atoms with van der Waals surface area (Å²) in [5.41, 5.74) is -0.378. The largest absolute Gasteiger partial charge is 0.381 e. The van der Waals surface area contributed by atoms with Gasteiger partial charge in [0, 0.05) is 38.3 Å². The first kappa shape index (κ1) is 19.3. The predicted octanol–water partition coefficient (Wildman–Crippen LogP) is 2.84. The summed E-state index contributed by atoms with van der Waals surface area (Å²) in [6, 6.07) is 2.87. The minimum atomic E-state index is -0.847. The summed E-state index contributed by atoms with van der Waals surface area (Å²) < 4.78 is 32.8. The van der Waals surface area contributed by atoms with Gasteiger partial charge in [-0.2, -0.15) is 0 Å². The van der Waals surface area contributed by atoms with Gasteiger partial charge in [0.2, 0.25) is 5.91 Å². The number of carbonyl (C=O) groups excluding carboxylic acids is 2. The van der Waals surface area contributed by atoms with Crippen molar-refractivity contribution in [3.05, 3.63) is 35.4 Å². The molecule has 0 bridgehead atoms. The van der Waals surface area contributed by atoms with E-state index in [9.17, 15) is 18.4 Å². The van der Waals surface area contributed by atoms with Gasteiger partial charge in [0.05, 0.1) is 17.6 Å². The van der Waals surface area contributed by atoms with Crippen LogP contribution in [-0.2, 0) is 9.53 Å². The van der Waals surface area contributed by atoms with Gasteiger partial charge in [-0.25, -0.2) is 8.78 Å². The molecular weight excluding hydrogens is 366 g/mol. The Bertz CT molecular complexity index is 787. The van der Waals surface area contributed by atoms with E-state index in [2.05, 4.69) is 0 Å². The molecule has 2 aliphatic heterocycles. The van der Waals surface area contributed by atoms with Gasteiger partial charge in [0.25, 0.3) is 5.91 Å². The van der Waals surface area contributed by atoms with Crippen molar-refractivity contribution in [2.45, 2.75) is 38.6 Å². The van der Waals surface area contributed by atoms with Gasteiger partial charge in [-0.3, -0.25) is 9.59 Å². The molecule has 4 rings (SSSR count). The summed E-state index contributed by atoms with van der Waals surface area (Å²) >= 11 is 0. The van der Waals surface area contributed by atoms with Crippen molar-refractivity contribution in [2.24, 2.45) is 11.3 Å².